The number of hydrogen-bond acceptors (Lipinski definition) is 5. The van der Waals surface area contributed by atoms with Crippen molar-refractivity contribution >= 4 is 11.6 Å². The second kappa shape index (κ2) is 10.6. The molecule has 2 aromatic rings. The zero-order valence-electron chi connectivity index (χ0n) is 16.5. The van der Waals surface area contributed by atoms with Crippen molar-refractivity contribution in [1.29, 1.82) is 0 Å². The standard InChI is InChI=1S/C21H30N4O3/c1-2-3-4-5-6-7-21(26)24-20(15-25-11-10-22-16-25)23-17-8-9-18-19(14-17)28-13-12-27-18/h8-11,14,16,20,23H,2-7,12-13,15H2,1H3,(H,24,26). The van der Waals surface area contributed by atoms with Crippen LogP contribution in [0.15, 0.2) is 36.9 Å². The van der Waals surface area contributed by atoms with Crippen LogP contribution in [-0.2, 0) is 11.3 Å². The molecule has 1 aliphatic heterocycles. The van der Waals surface area contributed by atoms with Crippen molar-refractivity contribution in [3.8, 4) is 11.5 Å². The molecule has 1 unspecified atom stereocenters. The summed E-state index contributed by atoms with van der Waals surface area (Å²) in [5, 5.41) is 6.50. The highest BCUT2D eigenvalue weighted by Gasteiger charge is 2.16. The van der Waals surface area contributed by atoms with Crippen molar-refractivity contribution in [1.82, 2.24) is 14.9 Å². The summed E-state index contributed by atoms with van der Waals surface area (Å²) in [6.45, 7) is 3.88. The molecule has 0 saturated heterocycles. The van der Waals surface area contributed by atoms with E-state index in [9.17, 15) is 4.79 Å². The van der Waals surface area contributed by atoms with E-state index in [1.54, 1.807) is 12.5 Å². The first-order chi connectivity index (χ1) is 13.7. The van der Waals surface area contributed by atoms with Crippen LogP contribution in [-0.4, -0.2) is 34.8 Å². The molecule has 1 aromatic heterocycles. The van der Waals surface area contributed by atoms with Crippen molar-refractivity contribution < 1.29 is 14.3 Å². The largest absolute Gasteiger partial charge is 0.486 e. The summed E-state index contributed by atoms with van der Waals surface area (Å²) in [4.78, 5) is 16.5. The molecule has 28 heavy (non-hydrogen) atoms. The smallest absolute Gasteiger partial charge is 0.221 e. The van der Waals surface area contributed by atoms with Crippen LogP contribution in [0.3, 0.4) is 0 Å². The maximum absolute atomic E-state index is 12.4. The first-order valence-corrected chi connectivity index (χ1v) is 10.2. The highest BCUT2D eigenvalue weighted by molar-refractivity contribution is 5.76. The van der Waals surface area contributed by atoms with Crippen LogP contribution in [0.2, 0.25) is 0 Å². The van der Waals surface area contributed by atoms with E-state index in [2.05, 4.69) is 22.5 Å². The van der Waals surface area contributed by atoms with Gasteiger partial charge in [-0.3, -0.25) is 4.79 Å². The number of hydrogen-bond donors (Lipinski definition) is 2. The molecule has 7 nitrogen and oxygen atoms in total. The summed E-state index contributed by atoms with van der Waals surface area (Å²) in [6.07, 6.45) is 11.3. The van der Waals surface area contributed by atoms with Crippen molar-refractivity contribution in [2.75, 3.05) is 18.5 Å². The fraction of sp³-hybridized carbons (Fsp3) is 0.524. The van der Waals surface area contributed by atoms with Gasteiger partial charge in [-0.2, -0.15) is 0 Å². The van der Waals surface area contributed by atoms with Crippen LogP contribution in [0.4, 0.5) is 5.69 Å². The number of nitrogens with one attached hydrogen (secondary N) is 2. The van der Waals surface area contributed by atoms with Gasteiger partial charge in [0.15, 0.2) is 11.5 Å². The third-order valence-corrected chi connectivity index (χ3v) is 4.68. The van der Waals surface area contributed by atoms with Gasteiger partial charge < -0.3 is 24.7 Å². The Bertz CT molecular complexity index is 733. The van der Waals surface area contributed by atoms with Gasteiger partial charge in [0.1, 0.15) is 19.4 Å². The second-order valence-electron chi connectivity index (χ2n) is 7.05. The van der Waals surface area contributed by atoms with E-state index in [4.69, 9.17) is 9.47 Å². The molecular weight excluding hydrogens is 356 g/mol. The summed E-state index contributed by atoms with van der Waals surface area (Å²) in [5.41, 5.74) is 0.873. The van der Waals surface area contributed by atoms with E-state index in [1.165, 1.54) is 19.3 Å². The molecular formula is C21H30N4O3. The normalized spacial score (nSPS) is 13.8. The predicted molar refractivity (Wildman–Crippen MR) is 109 cm³/mol. The molecule has 152 valence electrons. The highest BCUT2D eigenvalue weighted by Crippen LogP contribution is 2.32. The van der Waals surface area contributed by atoms with Crippen LogP contribution >= 0.6 is 0 Å². The third-order valence-electron chi connectivity index (χ3n) is 4.68. The average Bonchev–Trinajstić information content (AvgIpc) is 3.20. The Morgan fingerprint density at radius 3 is 2.79 bits per heavy atom. The van der Waals surface area contributed by atoms with E-state index in [0.717, 1.165) is 30.0 Å². The highest BCUT2D eigenvalue weighted by atomic mass is 16.6. The van der Waals surface area contributed by atoms with Crippen LogP contribution in [0.1, 0.15) is 45.4 Å². The Balaban J connectivity index is 1.58. The number of fused-ring (bicyclic) bond motifs is 1. The van der Waals surface area contributed by atoms with Crippen molar-refractivity contribution in [3.63, 3.8) is 0 Å². The predicted octanol–water partition coefficient (Wildman–Crippen LogP) is 3.57. The zero-order chi connectivity index (χ0) is 19.6. The first kappa shape index (κ1) is 20.0. The number of aromatic nitrogens is 2. The number of amides is 1. The van der Waals surface area contributed by atoms with Crippen LogP contribution in [0.25, 0.3) is 0 Å². The Hall–Kier alpha value is -2.70. The fourth-order valence-corrected chi connectivity index (χ4v) is 3.22. The van der Waals surface area contributed by atoms with Gasteiger partial charge in [-0.25, -0.2) is 4.98 Å². The molecule has 0 fully saturated rings. The maximum atomic E-state index is 12.4. The number of rotatable bonds is 11. The van der Waals surface area contributed by atoms with Crippen molar-refractivity contribution in [3.05, 3.63) is 36.9 Å². The summed E-state index contributed by atoms with van der Waals surface area (Å²) < 4.78 is 13.2. The van der Waals surface area contributed by atoms with Crippen LogP contribution in [0.5, 0.6) is 11.5 Å². The van der Waals surface area contributed by atoms with Gasteiger partial charge in [-0.15, -0.1) is 0 Å². The van der Waals surface area contributed by atoms with E-state index >= 15 is 0 Å². The lowest BCUT2D eigenvalue weighted by Crippen LogP contribution is -2.43. The molecule has 2 N–H and O–H groups in total. The van der Waals surface area contributed by atoms with E-state index in [-0.39, 0.29) is 12.1 Å². The summed E-state index contributed by atoms with van der Waals surface area (Å²) in [6, 6.07) is 5.73. The number of imidazole rings is 1. The Morgan fingerprint density at radius 2 is 2.00 bits per heavy atom. The molecule has 2 heterocycles. The number of carbonyl (C=O) groups excluding carboxylic acids is 1. The van der Waals surface area contributed by atoms with E-state index < -0.39 is 0 Å². The van der Waals surface area contributed by atoms with Gasteiger partial charge in [0.2, 0.25) is 5.91 Å². The fourth-order valence-electron chi connectivity index (χ4n) is 3.22. The molecule has 0 radical (unpaired) electrons. The quantitative estimate of drug-likeness (QED) is 0.456. The SMILES string of the molecule is CCCCCCCC(=O)NC(Cn1ccnc1)Nc1ccc2c(c1)OCCO2. The van der Waals surface area contributed by atoms with Crippen LogP contribution < -0.4 is 20.1 Å². The molecule has 1 aromatic carbocycles. The van der Waals surface area contributed by atoms with Gasteiger partial charge in [0.25, 0.3) is 0 Å². The molecule has 1 aliphatic rings. The third kappa shape index (κ3) is 6.18. The topological polar surface area (TPSA) is 77.4 Å². The monoisotopic (exact) mass is 386 g/mol. The Kier molecular flexibility index (Phi) is 7.58. The van der Waals surface area contributed by atoms with Crippen molar-refractivity contribution in [2.24, 2.45) is 0 Å². The lowest BCUT2D eigenvalue weighted by atomic mass is 10.1. The number of carbonyl (C=O) groups is 1. The molecule has 1 atom stereocenters. The summed E-state index contributed by atoms with van der Waals surface area (Å²) in [5.74, 6) is 1.53. The average molecular weight is 386 g/mol. The molecule has 0 aliphatic carbocycles. The lowest BCUT2D eigenvalue weighted by molar-refractivity contribution is -0.121. The summed E-state index contributed by atoms with van der Waals surface area (Å²) >= 11 is 0. The Morgan fingerprint density at radius 1 is 1.18 bits per heavy atom. The molecule has 0 saturated carbocycles. The summed E-state index contributed by atoms with van der Waals surface area (Å²) in [7, 11) is 0. The van der Waals surface area contributed by atoms with Crippen molar-refractivity contribution in [2.45, 2.75) is 58.2 Å². The van der Waals surface area contributed by atoms with Gasteiger partial charge in [0, 0.05) is 30.6 Å². The zero-order valence-corrected chi connectivity index (χ0v) is 16.5. The lowest BCUT2D eigenvalue weighted by Gasteiger charge is -2.24. The molecule has 0 bridgehead atoms. The van der Waals surface area contributed by atoms with E-state index in [0.29, 0.717) is 26.2 Å². The van der Waals surface area contributed by atoms with Gasteiger partial charge in [0.05, 0.1) is 12.9 Å². The van der Waals surface area contributed by atoms with E-state index in [1.807, 2.05) is 29.0 Å². The number of benzene rings is 1. The minimum atomic E-state index is -0.250. The first-order valence-electron chi connectivity index (χ1n) is 10.2. The molecule has 3 rings (SSSR count). The molecule has 0 spiro atoms. The molecule has 7 heteroatoms. The van der Waals surface area contributed by atoms with Gasteiger partial charge in [-0.1, -0.05) is 32.6 Å². The number of unbranched alkanes of at least 4 members (excludes halogenated alkanes) is 4. The maximum Gasteiger partial charge on any atom is 0.221 e. The van der Waals surface area contributed by atoms with Gasteiger partial charge in [-0.05, 0) is 18.6 Å². The van der Waals surface area contributed by atoms with Crippen LogP contribution in [0, 0.1) is 0 Å². The van der Waals surface area contributed by atoms with Gasteiger partial charge >= 0.3 is 0 Å². The minimum Gasteiger partial charge on any atom is -0.486 e. The Labute approximate surface area is 166 Å². The number of nitrogens with zero attached hydrogens (tertiary/aromatic N) is 2. The number of anilines is 1. The number of ether oxygens (including phenoxy) is 2. The second-order valence-corrected chi connectivity index (χ2v) is 7.05. The molecule has 1 amide bonds. The minimum absolute atomic E-state index is 0.0617.